The molecule has 0 unspecified atom stereocenters. The molecule has 1 aliphatic rings. The molecule has 0 saturated heterocycles. The summed E-state index contributed by atoms with van der Waals surface area (Å²) in [4.78, 5) is 0. The topological polar surface area (TPSA) is 29.9 Å². The minimum absolute atomic E-state index is 0.204. The Morgan fingerprint density at radius 2 is 1.90 bits per heavy atom. The second-order valence-corrected chi connectivity index (χ2v) is 7.78. The summed E-state index contributed by atoms with van der Waals surface area (Å²) in [5.74, 6) is 0. The first-order chi connectivity index (χ1) is 9.87. The molecule has 1 fully saturated rings. The molecule has 1 saturated carbocycles. The fourth-order valence-corrected chi connectivity index (χ4v) is 3.48. The zero-order valence-electron chi connectivity index (χ0n) is 14.6. The number of hydrogen-bond acceptors (Lipinski definition) is 2. The second kappa shape index (κ2) is 6.51. The molecule has 0 spiro atoms. The van der Waals surface area contributed by atoms with E-state index in [2.05, 4.69) is 50.7 Å². The molecule has 1 aliphatic carbocycles. The molecule has 0 atom stereocenters. The number of aryl methyl sites for hydroxylation is 2. The summed E-state index contributed by atoms with van der Waals surface area (Å²) in [5, 5.41) is 8.48. The Bertz CT molecular complexity index is 448. The van der Waals surface area contributed by atoms with Gasteiger partial charge in [-0.3, -0.25) is 4.68 Å². The van der Waals surface area contributed by atoms with Gasteiger partial charge in [0.15, 0.2) is 0 Å². The van der Waals surface area contributed by atoms with Gasteiger partial charge in [0.05, 0.1) is 5.69 Å². The van der Waals surface area contributed by atoms with E-state index in [1.807, 2.05) is 0 Å². The maximum Gasteiger partial charge on any atom is 0.0624 e. The highest BCUT2D eigenvalue weighted by Crippen LogP contribution is 2.41. The Hall–Kier alpha value is -0.830. The van der Waals surface area contributed by atoms with Crippen molar-refractivity contribution in [3.8, 4) is 0 Å². The third-order valence-corrected chi connectivity index (χ3v) is 4.79. The van der Waals surface area contributed by atoms with Gasteiger partial charge in [-0.25, -0.2) is 0 Å². The van der Waals surface area contributed by atoms with Crippen LogP contribution >= 0.6 is 0 Å². The number of rotatable bonds is 6. The van der Waals surface area contributed by atoms with Crippen LogP contribution < -0.4 is 5.32 Å². The summed E-state index contributed by atoms with van der Waals surface area (Å²) in [7, 11) is 0. The van der Waals surface area contributed by atoms with Crippen molar-refractivity contribution in [1.82, 2.24) is 15.1 Å². The Morgan fingerprint density at radius 3 is 2.43 bits per heavy atom. The Morgan fingerprint density at radius 1 is 1.24 bits per heavy atom. The van der Waals surface area contributed by atoms with Gasteiger partial charge in [-0.2, -0.15) is 5.10 Å². The SMILES string of the molecule is CCc1cc(CC2(CNC(C)(C)C)CCCC2)n(CC)n1. The molecule has 3 nitrogen and oxygen atoms in total. The lowest BCUT2D eigenvalue weighted by Gasteiger charge is -2.33. The summed E-state index contributed by atoms with van der Waals surface area (Å²) in [6.45, 7) is 13.3. The summed E-state index contributed by atoms with van der Waals surface area (Å²) in [5.41, 5.74) is 3.32. The van der Waals surface area contributed by atoms with Crippen LogP contribution in [0.1, 0.15) is 71.7 Å². The Balaban J connectivity index is 2.14. The quantitative estimate of drug-likeness (QED) is 0.860. The van der Waals surface area contributed by atoms with E-state index in [9.17, 15) is 0 Å². The normalized spacial score (nSPS) is 18.3. The number of hydrogen-bond donors (Lipinski definition) is 1. The largest absolute Gasteiger partial charge is 0.312 e. The van der Waals surface area contributed by atoms with Gasteiger partial charge < -0.3 is 5.32 Å². The highest BCUT2D eigenvalue weighted by molar-refractivity contribution is 5.13. The van der Waals surface area contributed by atoms with Crippen LogP contribution in [0.4, 0.5) is 0 Å². The average Bonchev–Trinajstić information content (AvgIpc) is 3.03. The van der Waals surface area contributed by atoms with E-state index < -0.39 is 0 Å². The molecule has 1 heterocycles. The molecule has 0 aliphatic heterocycles. The molecule has 2 rings (SSSR count). The summed E-state index contributed by atoms with van der Waals surface area (Å²) >= 11 is 0. The van der Waals surface area contributed by atoms with Crippen molar-refractivity contribution in [2.75, 3.05) is 6.54 Å². The lowest BCUT2D eigenvalue weighted by atomic mass is 9.80. The lowest BCUT2D eigenvalue weighted by Crippen LogP contribution is -2.44. The molecular formula is C18H33N3. The first-order valence-electron chi connectivity index (χ1n) is 8.68. The smallest absolute Gasteiger partial charge is 0.0624 e. The van der Waals surface area contributed by atoms with Crippen molar-refractivity contribution in [2.24, 2.45) is 5.41 Å². The Labute approximate surface area is 130 Å². The Kier molecular flexibility index (Phi) is 5.13. The molecule has 1 aromatic rings. The van der Waals surface area contributed by atoms with Gasteiger partial charge in [0.2, 0.25) is 0 Å². The predicted octanol–water partition coefficient (Wildman–Crippen LogP) is 3.96. The lowest BCUT2D eigenvalue weighted by molar-refractivity contribution is 0.239. The van der Waals surface area contributed by atoms with Crippen LogP contribution in [0, 0.1) is 5.41 Å². The minimum Gasteiger partial charge on any atom is -0.312 e. The van der Waals surface area contributed by atoms with Crippen LogP contribution in [0.15, 0.2) is 6.07 Å². The van der Waals surface area contributed by atoms with E-state index in [4.69, 9.17) is 5.10 Å². The molecule has 3 heteroatoms. The first kappa shape index (κ1) is 16.5. The van der Waals surface area contributed by atoms with Crippen molar-refractivity contribution in [2.45, 2.75) is 85.2 Å². The number of nitrogens with one attached hydrogen (secondary N) is 1. The molecular weight excluding hydrogens is 258 g/mol. The van der Waals surface area contributed by atoms with Gasteiger partial charge in [-0.05, 0) is 64.9 Å². The highest BCUT2D eigenvalue weighted by atomic mass is 15.3. The summed E-state index contributed by atoms with van der Waals surface area (Å²) in [6.07, 6.45) is 7.68. The van der Waals surface area contributed by atoms with Gasteiger partial charge in [-0.15, -0.1) is 0 Å². The van der Waals surface area contributed by atoms with E-state index in [1.54, 1.807) is 0 Å². The van der Waals surface area contributed by atoms with E-state index in [1.165, 1.54) is 43.5 Å². The van der Waals surface area contributed by atoms with Crippen LogP contribution in [-0.4, -0.2) is 21.9 Å². The molecule has 1 aromatic heterocycles. The molecule has 120 valence electrons. The summed E-state index contributed by atoms with van der Waals surface area (Å²) < 4.78 is 2.22. The third-order valence-electron chi connectivity index (χ3n) is 4.79. The standard InChI is InChI=1S/C18H33N3/c1-6-15-12-16(21(7-2)20-15)13-18(10-8-9-11-18)14-19-17(3,4)5/h12,19H,6-11,13-14H2,1-5H3. The average molecular weight is 291 g/mol. The third kappa shape index (κ3) is 4.32. The van der Waals surface area contributed by atoms with Crippen molar-refractivity contribution in [3.05, 3.63) is 17.5 Å². The van der Waals surface area contributed by atoms with Crippen molar-refractivity contribution in [1.29, 1.82) is 0 Å². The van der Waals surface area contributed by atoms with Gasteiger partial charge in [0.25, 0.3) is 0 Å². The molecule has 1 N–H and O–H groups in total. The zero-order chi connectivity index (χ0) is 15.5. The summed E-state index contributed by atoms with van der Waals surface area (Å²) in [6, 6.07) is 2.33. The van der Waals surface area contributed by atoms with E-state index in [0.29, 0.717) is 5.41 Å². The first-order valence-corrected chi connectivity index (χ1v) is 8.68. The molecule has 0 bridgehead atoms. The number of nitrogens with zero attached hydrogens (tertiary/aromatic N) is 2. The van der Waals surface area contributed by atoms with Crippen LogP contribution in [0.25, 0.3) is 0 Å². The predicted molar refractivity (Wildman–Crippen MR) is 89.6 cm³/mol. The molecule has 0 radical (unpaired) electrons. The molecule has 0 amide bonds. The zero-order valence-corrected chi connectivity index (χ0v) is 14.6. The monoisotopic (exact) mass is 291 g/mol. The molecule has 0 aromatic carbocycles. The van der Waals surface area contributed by atoms with E-state index >= 15 is 0 Å². The van der Waals surface area contributed by atoms with Gasteiger partial charge in [0, 0.05) is 24.3 Å². The van der Waals surface area contributed by atoms with Crippen molar-refractivity contribution >= 4 is 0 Å². The number of aromatic nitrogens is 2. The maximum atomic E-state index is 4.73. The second-order valence-electron chi connectivity index (χ2n) is 7.78. The van der Waals surface area contributed by atoms with Crippen molar-refractivity contribution in [3.63, 3.8) is 0 Å². The van der Waals surface area contributed by atoms with Gasteiger partial charge in [-0.1, -0.05) is 19.8 Å². The van der Waals surface area contributed by atoms with Crippen molar-refractivity contribution < 1.29 is 0 Å². The van der Waals surface area contributed by atoms with Gasteiger partial charge in [0.1, 0.15) is 0 Å². The van der Waals surface area contributed by atoms with Gasteiger partial charge >= 0.3 is 0 Å². The van der Waals surface area contributed by atoms with Crippen LogP contribution in [0.5, 0.6) is 0 Å². The van der Waals surface area contributed by atoms with E-state index in [-0.39, 0.29) is 5.54 Å². The van der Waals surface area contributed by atoms with Crippen LogP contribution in [-0.2, 0) is 19.4 Å². The highest BCUT2D eigenvalue weighted by Gasteiger charge is 2.35. The molecule has 21 heavy (non-hydrogen) atoms. The fourth-order valence-electron chi connectivity index (χ4n) is 3.48. The fraction of sp³-hybridized carbons (Fsp3) is 0.833. The minimum atomic E-state index is 0.204. The van der Waals surface area contributed by atoms with E-state index in [0.717, 1.165) is 19.5 Å². The van der Waals surface area contributed by atoms with Crippen LogP contribution in [0.2, 0.25) is 0 Å². The van der Waals surface area contributed by atoms with Crippen LogP contribution in [0.3, 0.4) is 0 Å². The maximum absolute atomic E-state index is 4.73.